The summed E-state index contributed by atoms with van der Waals surface area (Å²) in [6, 6.07) is 16.4. The molecule has 5 rings (SSSR count). The van der Waals surface area contributed by atoms with Gasteiger partial charge in [0.25, 0.3) is 0 Å². The van der Waals surface area contributed by atoms with Crippen molar-refractivity contribution in [2.24, 2.45) is 5.41 Å². The molecule has 2 fully saturated rings. The summed E-state index contributed by atoms with van der Waals surface area (Å²) < 4.78 is 0. The molecule has 1 saturated carbocycles. The monoisotopic (exact) mass is 488 g/mol. The van der Waals surface area contributed by atoms with E-state index in [2.05, 4.69) is 54.3 Å². The van der Waals surface area contributed by atoms with Crippen LogP contribution in [0.3, 0.4) is 0 Å². The zero-order valence-corrected chi connectivity index (χ0v) is 21.7. The first kappa shape index (κ1) is 25.0. The van der Waals surface area contributed by atoms with E-state index in [1.54, 1.807) is 0 Å². The zero-order valence-electron chi connectivity index (χ0n) is 21.7. The highest BCUT2D eigenvalue weighted by molar-refractivity contribution is 5.79. The van der Waals surface area contributed by atoms with Crippen LogP contribution in [-0.4, -0.2) is 52.5 Å². The third kappa shape index (κ3) is 5.67. The van der Waals surface area contributed by atoms with Crippen LogP contribution < -0.4 is 0 Å². The summed E-state index contributed by atoms with van der Waals surface area (Å²) in [5, 5.41) is 9.38. The second-order valence-electron chi connectivity index (χ2n) is 11.5. The number of aliphatic carboxylic acids is 1. The fraction of sp³-hybridized carbons (Fsp3) is 0.548. The summed E-state index contributed by atoms with van der Waals surface area (Å²) in [5.74, 6) is -0.665. The molecule has 1 aliphatic carbocycles. The number of carboxylic acid groups (broad SMARTS) is 1. The average Bonchev–Trinajstić information content (AvgIpc) is 3.50. The predicted octanol–water partition coefficient (Wildman–Crippen LogP) is 5.69. The number of carbonyl (C=O) groups is 2. The van der Waals surface area contributed by atoms with Gasteiger partial charge in [-0.25, -0.2) is 0 Å². The van der Waals surface area contributed by atoms with Crippen molar-refractivity contribution in [1.29, 1.82) is 0 Å². The topological polar surface area (TPSA) is 60.9 Å². The molecule has 2 aromatic carbocycles. The van der Waals surface area contributed by atoms with Gasteiger partial charge in [-0.05, 0) is 85.2 Å². The van der Waals surface area contributed by atoms with Crippen LogP contribution in [0.2, 0.25) is 0 Å². The first-order valence-corrected chi connectivity index (χ1v) is 13.9. The predicted molar refractivity (Wildman–Crippen MR) is 143 cm³/mol. The minimum atomic E-state index is -0.782. The summed E-state index contributed by atoms with van der Waals surface area (Å²) >= 11 is 0. The number of hydrogen-bond donors (Lipinski definition) is 1. The zero-order chi connectivity index (χ0) is 25.1. The van der Waals surface area contributed by atoms with Crippen molar-refractivity contribution >= 4 is 11.9 Å². The van der Waals surface area contributed by atoms with Gasteiger partial charge in [-0.3, -0.25) is 9.59 Å². The van der Waals surface area contributed by atoms with E-state index in [1.807, 2.05) is 4.90 Å². The summed E-state index contributed by atoms with van der Waals surface area (Å²) in [5.41, 5.74) is 6.07. The molecule has 0 aromatic heterocycles. The fourth-order valence-corrected chi connectivity index (χ4v) is 6.70. The van der Waals surface area contributed by atoms with E-state index in [-0.39, 0.29) is 17.7 Å². The highest BCUT2D eigenvalue weighted by Crippen LogP contribution is 2.44. The minimum absolute atomic E-state index is 0.114. The molecule has 2 heterocycles. The van der Waals surface area contributed by atoms with Crippen molar-refractivity contribution in [2.75, 3.05) is 19.6 Å². The normalized spacial score (nSPS) is 21.5. The van der Waals surface area contributed by atoms with Crippen LogP contribution in [0.25, 0.3) is 11.1 Å². The Morgan fingerprint density at radius 2 is 1.69 bits per heavy atom. The van der Waals surface area contributed by atoms with Gasteiger partial charge in [-0.1, -0.05) is 55.3 Å². The summed E-state index contributed by atoms with van der Waals surface area (Å²) in [7, 11) is 0. The maximum atomic E-state index is 13.2. The maximum Gasteiger partial charge on any atom is 0.303 e. The Balaban J connectivity index is 1.20. The van der Waals surface area contributed by atoms with E-state index in [1.165, 1.54) is 47.2 Å². The first-order valence-electron chi connectivity index (χ1n) is 13.9. The minimum Gasteiger partial charge on any atom is -0.481 e. The van der Waals surface area contributed by atoms with E-state index in [9.17, 15) is 14.7 Å². The van der Waals surface area contributed by atoms with Gasteiger partial charge >= 0.3 is 5.97 Å². The van der Waals surface area contributed by atoms with Crippen molar-refractivity contribution in [3.63, 3.8) is 0 Å². The number of rotatable bonds is 8. The molecule has 36 heavy (non-hydrogen) atoms. The van der Waals surface area contributed by atoms with E-state index in [0.717, 1.165) is 51.1 Å². The van der Waals surface area contributed by atoms with Crippen molar-refractivity contribution in [2.45, 2.75) is 83.7 Å². The molecule has 0 bridgehead atoms. The van der Waals surface area contributed by atoms with Crippen LogP contribution in [-0.2, 0) is 29.0 Å². The Hall–Kier alpha value is -2.66. The quantitative estimate of drug-likeness (QED) is 0.519. The highest BCUT2D eigenvalue weighted by atomic mass is 16.4. The third-order valence-corrected chi connectivity index (χ3v) is 8.95. The second kappa shape index (κ2) is 10.8. The molecule has 0 unspecified atom stereocenters. The Labute approximate surface area is 215 Å². The molecule has 1 atom stereocenters. The molecule has 1 saturated heterocycles. The van der Waals surface area contributed by atoms with Gasteiger partial charge in [-0.15, -0.1) is 0 Å². The average molecular weight is 489 g/mol. The molecule has 5 nitrogen and oxygen atoms in total. The lowest BCUT2D eigenvalue weighted by Gasteiger charge is -2.33. The Kier molecular flexibility index (Phi) is 7.47. The van der Waals surface area contributed by atoms with Crippen LogP contribution in [0.15, 0.2) is 42.5 Å². The highest BCUT2D eigenvalue weighted by Gasteiger charge is 2.39. The number of likely N-dealkylation sites (tertiary alicyclic amines) is 1. The van der Waals surface area contributed by atoms with Gasteiger partial charge < -0.3 is 14.9 Å². The van der Waals surface area contributed by atoms with Crippen molar-refractivity contribution in [3.8, 4) is 11.1 Å². The first-order chi connectivity index (χ1) is 17.4. The lowest BCUT2D eigenvalue weighted by Crippen LogP contribution is -2.39. The molecule has 1 N–H and O–H groups in total. The van der Waals surface area contributed by atoms with Crippen LogP contribution >= 0.6 is 0 Å². The van der Waals surface area contributed by atoms with Crippen LogP contribution in [0.5, 0.6) is 0 Å². The van der Waals surface area contributed by atoms with E-state index < -0.39 is 5.97 Å². The van der Waals surface area contributed by atoms with Crippen LogP contribution in [0.1, 0.15) is 75.0 Å². The van der Waals surface area contributed by atoms with E-state index in [4.69, 9.17) is 0 Å². The summed E-state index contributed by atoms with van der Waals surface area (Å²) in [6.07, 6.45) is 8.88. The standard InChI is InChI=1S/C31H40N2O3/c1-23-5-4-16-32(23)17-12-24-6-8-25(9-7-24)26-10-11-28-22-33(18-13-27(28)19-26)29(34)20-31(21-30(35)36)14-2-3-15-31/h6-11,19,23H,2-5,12-18,20-22H2,1H3,(H,35,36)/t23-/m1/s1. The Bertz CT molecular complexity index is 1090. The van der Waals surface area contributed by atoms with E-state index in [0.29, 0.717) is 19.5 Å². The SMILES string of the molecule is C[C@@H]1CCCN1CCc1ccc(-c2ccc3c(c2)CCN(C(=O)CC2(CC(=O)O)CCCC2)C3)cc1. The molecule has 2 aromatic rings. The number of benzene rings is 2. The molecule has 2 aliphatic heterocycles. The maximum absolute atomic E-state index is 13.2. The van der Waals surface area contributed by atoms with Crippen LogP contribution in [0.4, 0.5) is 0 Å². The molecular formula is C31H40N2O3. The largest absolute Gasteiger partial charge is 0.481 e. The van der Waals surface area contributed by atoms with Gasteiger partial charge in [0, 0.05) is 32.1 Å². The van der Waals surface area contributed by atoms with Gasteiger partial charge in [0.15, 0.2) is 0 Å². The van der Waals surface area contributed by atoms with Gasteiger partial charge in [0.2, 0.25) is 5.91 Å². The number of carbonyl (C=O) groups excluding carboxylic acids is 1. The van der Waals surface area contributed by atoms with Gasteiger partial charge in [-0.2, -0.15) is 0 Å². The van der Waals surface area contributed by atoms with Gasteiger partial charge in [0.05, 0.1) is 6.42 Å². The number of hydrogen-bond acceptors (Lipinski definition) is 3. The number of nitrogens with zero attached hydrogens (tertiary/aromatic N) is 2. The summed E-state index contributed by atoms with van der Waals surface area (Å²) in [6.45, 7) is 6.07. The van der Waals surface area contributed by atoms with E-state index >= 15 is 0 Å². The third-order valence-electron chi connectivity index (χ3n) is 8.95. The molecule has 5 heteroatoms. The Morgan fingerprint density at radius 1 is 0.944 bits per heavy atom. The second-order valence-corrected chi connectivity index (χ2v) is 11.5. The molecule has 0 radical (unpaired) electrons. The molecule has 1 amide bonds. The van der Waals surface area contributed by atoms with Crippen molar-refractivity contribution in [3.05, 3.63) is 59.2 Å². The number of amides is 1. The van der Waals surface area contributed by atoms with Crippen molar-refractivity contribution < 1.29 is 14.7 Å². The van der Waals surface area contributed by atoms with Crippen molar-refractivity contribution in [1.82, 2.24) is 9.80 Å². The smallest absolute Gasteiger partial charge is 0.303 e. The van der Waals surface area contributed by atoms with Crippen LogP contribution in [0, 0.1) is 5.41 Å². The molecule has 192 valence electrons. The van der Waals surface area contributed by atoms with Gasteiger partial charge in [0.1, 0.15) is 0 Å². The number of fused-ring (bicyclic) bond motifs is 1. The molecule has 3 aliphatic rings. The summed E-state index contributed by atoms with van der Waals surface area (Å²) in [4.78, 5) is 29.1. The fourth-order valence-electron chi connectivity index (χ4n) is 6.70. The lowest BCUT2D eigenvalue weighted by molar-refractivity contribution is -0.141. The molecule has 0 spiro atoms. The Morgan fingerprint density at radius 3 is 2.39 bits per heavy atom. The lowest BCUT2D eigenvalue weighted by atomic mass is 9.79. The molecular weight excluding hydrogens is 448 g/mol. The number of carboxylic acids is 1.